The van der Waals surface area contributed by atoms with Gasteiger partial charge in [-0.3, -0.25) is 0 Å². The Morgan fingerprint density at radius 3 is 2.61 bits per heavy atom. The molecule has 1 aromatic rings. The molecule has 0 bridgehead atoms. The minimum Gasteiger partial charge on any atom is -0.443 e. The Labute approximate surface area is 108 Å². The van der Waals surface area contributed by atoms with Crippen molar-refractivity contribution in [2.75, 3.05) is 11.4 Å². The molecule has 0 saturated carbocycles. The van der Waals surface area contributed by atoms with Gasteiger partial charge in [0.1, 0.15) is 11.4 Å². The van der Waals surface area contributed by atoms with E-state index in [-0.39, 0.29) is 6.54 Å². The van der Waals surface area contributed by atoms with E-state index in [2.05, 4.69) is 10.9 Å². The van der Waals surface area contributed by atoms with Crippen molar-refractivity contribution in [3.8, 4) is 12.3 Å². The molecular formula is C14H18N2O2. The summed E-state index contributed by atoms with van der Waals surface area (Å²) < 4.78 is 5.29. The van der Waals surface area contributed by atoms with Crippen LogP contribution in [0.1, 0.15) is 26.3 Å². The molecule has 18 heavy (non-hydrogen) atoms. The average molecular weight is 246 g/mol. The van der Waals surface area contributed by atoms with E-state index in [0.29, 0.717) is 5.82 Å². The van der Waals surface area contributed by atoms with Crippen molar-refractivity contribution >= 4 is 11.9 Å². The van der Waals surface area contributed by atoms with Gasteiger partial charge < -0.3 is 4.74 Å². The zero-order valence-corrected chi connectivity index (χ0v) is 11.2. The number of nitrogens with zero attached hydrogens (tertiary/aromatic N) is 2. The first kappa shape index (κ1) is 14.0. The molecule has 0 radical (unpaired) electrons. The molecule has 1 heterocycles. The van der Waals surface area contributed by atoms with E-state index in [1.54, 1.807) is 12.3 Å². The molecule has 0 aliphatic rings. The fraction of sp³-hybridized carbons (Fsp3) is 0.429. The molecule has 0 aromatic carbocycles. The van der Waals surface area contributed by atoms with E-state index >= 15 is 0 Å². The van der Waals surface area contributed by atoms with Gasteiger partial charge in [-0.05, 0) is 39.3 Å². The van der Waals surface area contributed by atoms with Crippen molar-refractivity contribution in [2.45, 2.75) is 33.3 Å². The van der Waals surface area contributed by atoms with Crippen LogP contribution in [0.25, 0.3) is 0 Å². The number of terminal acetylenes is 1. The van der Waals surface area contributed by atoms with E-state index in [4.69, 9.17) is 11.2 Å². The number of aromatic nitrogens is 1. The molecule has 0 aliphatic heterocycles. The fourth-order valence-electron chi connectivity index (χ4n) is 1.27. The van der Waals surface area contributed by atoms with Crippen molar-refractivity contribution in [2.24, 2.45) is 0 Å². The van der Waals surface area contributed by atoms with Crippen LogP contribution >= 0.6 is 0 Å². The second-order valence-corrected chi connectivity index (χ2v) is 4.96. The molecule has 1 amide bonds. The molecule has 96 valence electrons. The van der Waals surface area contributed by atoms with E-state index in [1.165, 1.54) is 4.90 Å². The standard InChI is InChI=1S/C14H18N2O2/c1-6-9-16(13(17)18-14(3,4)5)12-8-7-11(2)10-15-12/h1,7-8,10H,9H2,2-5H3. The quantitative estimate of drug-likeness (QED) is 0.753. The molecule has 4 nitrogen and oxygen atoms in total. The minimum atomic E-state index is -0.561. The second-order valence-electron chi connectivity index (χ2n) is 4.96. The van der Waals surface area contributed by atoms with Crippen LogP contribution in [0.15, 0.2) is 18.3 Å². The maximum Gasteiger partial charge on any atom is 0.416 e. The number of carbonyl (C=O) groups is 1. The monoisotopic (exact) mass is 246 g/mol. The molecule has 1 rings (SSSR count). The Morgan fingerprint density at radius 2 is 2.17 bits per heavy atom. The maximum atomic E-state index is 12.0. The molecule has 4 heteroatoms. The third-order valence-corrected chi connectivity index (χ3v) is 2.04. The molecule has 0 N–H and O–H groups in total. The Hall–Kier alpha value is -2.02. The summed E-state index contributed by atoms with van der Waals surface area (Å²) in [7, 11) is 0. The number of ether oxygens (including phenoxy) is 1. The van der Waals surface area contributed by atoms with Crippen molar-refractivity contribution in [1.82, 2.24) is 4.98 Å². The third kappa shape index (κ3) is 4.10. The van der Waals surface area contributed by atoms with Gasteiger partial charge in [0.05, 0.1) is 6.54 Å². The van der Waals surface area contributed by atoms with Crippen LogP contribution in [0.3, 0.4) is 0 Å². The normalized spacial score (nSPS) is 10.6. The average Bonchev–Trinajstić information content (AvgIpc) is 2.25. The highest BCUT2D eigenvalue weighted by atomic mass is 16.6. The summed E-state index contributed by atoms with van der Waals surface area (Å²) in [5.74, 6) is 2.93. The lowest BCUT2D eigenvalue weighted by Gasteiger charge is -2.25. The molecule has 0 unspecified atom stereocenters. The first-order valence-corrected chi connectivity index (χ1v) is 5.70. The van der Waals surface area contributed by atoms with Gasteiger partial charge in [0, 0.05) is 6.20 Å². The van der Waals surface area contributed by atoms with Gasteiger partial charge in [-0.1, -0.05) is 12.0 Å². The summed E-state index contributed by atoms with van der Waals surface area (Å²) in [6, 6.07) is 3.62. The number of hydrogen-bond acceptors (Lipinski definition) is 3. The lowest BCUT2D eigenvalue weighted by molar-refractivity contribution is 0.0584. The molecule has 0 aliphatic carbocycles. The minimum absolute atomic E-state index is 0.130. The van der Waals surface area contributed by atoms with Crippen LogP contribution in [0.2, 0.25) is 0 Å². The maximum absolute atomic E-state index is 12.0. The zero-order chi connectivity index (χ0) is 13.8. The first-order chi connectivity index (χ1) is 8.33. The zero-order valence-electron chi connectivity index (χ0n) is 11.2. The van der Waals surface area contributed by atoms with Gasteiger partial charge in [0.25, 0.3) is 0 Å². The van der Waals surface area contributed by atoms with E-state index < -0.39 is 11.7 Å². The van der Waals surface area contributed by atoms with Crippen LogP contribution in [-0.4, -0.2) is 23.2 Å². The topological polar surface area (TPSA) is 42.4 Å². The third-order valence-electron chi connectivity index (χ3n) is 2.04. The van der Waals surface area contributed by atoms with Gasteiger partial charge in [-0.25, -0.2) is 14.7 Å². The highest BCUT2D eigenvalue weighted by Gasteiger charge is 2.23. The predicted molar refractivity (Wildman–Crippen MR) is 71.4 cm³/mol. The van der Waals surface area contributed by atoms with E-state index in [1.807, 2.05) is 33.8 Å². The first-order valence-electron chi connectivity index (χ1n) is 5.70. The Kier molecular flexibility index (Phi) is 4.33. The number of anilines is 1. The number of carbonyl (C=O) groups excluding carboxylic acids is 1. The Morgan fingerprint density at radius 1 is 1.50 bits per heavy atom. The van der Waals surface area contributed by atoms with E-state index in [0.717, 1.165) is 5.56 Å². The second kappa shape index (κ2) is 5.54. The van der Waals surface area contributed by atoms with E-state index in [9.17, 15) is 4.79 Å². The summed E-state index contributed by atoms with van der Waals surface area (Å²) in [5, 5.41) is 0. The highest BCUT2D eigenvalue weighted by molar-refractivity contribution is 5.87. The summed E-state index contributed by atoms with van der Waals surface area (Å²) in [6.45, 7) is 7.48. The van der Waals surface area contributed by atoms with Gasteiger partial charge >= 0.3 is 6.09 Å². The Balaban J connectivity index is 2.93. The summed E-state index contributed by atoms with van der Waals surface area (Å²) in [6.07, 6.45) is 6.47. The molecular weight excluding hydrogens is 228 g/mol. The van der Waals surface area contributed by atoms with Gasteiger partial charge in [0.15, 0.2) is 0 Å². The van der Waals surface area contributed by atoms with Crippen molar-refractivity contribution in [3.63, 3.8) is 0 Å². The largest absolute Gasteiger partial charge is 0.443 e. The van der Waals surface area contributed by atoms with Gasteiger partial charge in [0.2, 0.25) is 0 Å². The molecule has 0 atom stereocenters. The predicted octanol–water partition coefficient (Wildman–Crippen LogP) is 2.76. The Bertz CT molecular complexity index is 452. The fourth-order valence-corrected chi connectivity index (χ4v) is 1.27. The van der Waals surface area contributed by atoms with Gasteiger partial charge in [-0.15, -0.1) is 6.42 Å². The van der Waals surface area contributed by atoms with Crippen LogP contribution in [0.5, 0.6) is 0 Å². The summed E-state index contributed by atoms with van der Waals surface area (Å²) in [4.78, 5) is 17.5. The number of hydrogen-bond donors (Lipinski definition) is 0. The van der Waals surface area contributed by atoms with Crippen LogP contribution < -0.4 is 4.90 Å². The molecule has 1 aromatic heterocycles. The van der Waals surface area contributed by atoms with Crippen molar-refractivity contribution < 1.29 is 9.53 Å². The van der Waals surface area contributed by atoms with Crippen LogP contribution in [0.4, 0.5) is 10.6 Å². The lowest BCUT2D eigenvalue weighted by atomic mass is 10.2. The number of aryl methyl sites for hydroxylation is 1. The number of rotatable bonds is 2. The lowest BCUT2D eigenvalue weighted by Crippen LogP contribution is -2.37. The van der Waals surface area contributed by atoms with Gasteiger partial charge in [-0.2, -0.15) is 0 Å². The van der Waals surface area contributed by atoms with Crippen molar-refractivity contribution in [1.29, 1.82) is 0 Å². The number of pyridine rings is 1. The highest BCUT2D eigenvalue weighted by Crippen LogP contribution is 2.16. The van der Waals surface area contributed by atoms with Crippen LogP contribution in [-0.2, 0) is 4.74 Å². The molecule has 0 spiro atoms. The van der Waals surface area contributed by atoms with Crippen LogP contribution in [0, 0.1) is 19.3 Å². The summed E-state index contributed by atoms with van der Waals surface area (Å²) in [5.41, 5.74) is 0.456. The SMILES string of the molecule is C#CCN(C(=O)OC(C)(C)C)c1ccc(C)cn1. The van der Waals surface area contributed by atoms with Crippen molar-refractivity contribution in [3.05, 3.63) is 23.9 Å². The molecule has 0 fully saturated rings. The number of amides is 1. The molecule has 0 saturated heterocycles. The smallest absolute Gasteiger partial charge is 0.416 e. The summed E-state index contributed by atoms with van der Waals surface area (Å²) >= 11 is 0.